The maximum absolute atomic E-state index is 12.3. The van der Waals surface area contributed by atoms with Gasteiger partial charge in [-0.15, -0.1) is 0 Å². The first-order valence-electron chi connectivity index (χ1n) is 7.45. The summed E-state index contributed by atoms with van der Waals surface area (Å²) in [5.74, 6) is 0.226. The van der Waals surface area contributed by atoms with Gasteiger partial charge < -0.3 is 11.1 Å². The van der Waals surface area contributed by atoms with Crippen molar-refractivity contribution in [3.05, 3.63) is 0 Å². The molecule has 0 bridgehead atoms. The lowest BCUT2D eigenvalue weighted by Crippen LogP contribution is -2.34. The molecule has 1 aliphatic heterocycles. The van der Waals surface area contributed by atoms with Crippen molar-refractivity contribution >= 4 is 32.2 Å². The van der Waals surface area contributed by atoms with Crippen LogP contribution in [0.5, 0.6) is 0 Å². The number of hydrogen-bond acceptors (Lipinski definition) is 7. The summed E-state index contributed by atoms with van der Waals surface area (Å²) in [5.41, 5.74) is 5.76. The molecule has 0 radical (unpaired) electrons. The zero-order valence-electron chi connectivity index (χ0n) is 12.6. The number of sulfone groups is 1. The van der Waals surface area contributed by atoms with Gasteiger partial charge in [0.2, 0.25) is 0 Å². The van der Waals surface area contributed by atoms with Crippen molar-refractivity contribution in [3.63, 3.8) is 0 Å². The van der Waals surface area contributed by atoms with Crippen LogP contribution in [0.25, 0.3) is 0 Å². The molecule has 0 amide bonds. The molecule has 1 atom stereocenters. The van der Waals surface area contributed by atoms with E-state index >= 15 is 0 Å². The van der Waals surface area contributed by atoms with E-state index in [1.807, 2.05) is 6.92 Å². The quantitative estimate of drug-likeness (QED) is 0.791. The Morgan fingerprint density at radius 2 is 2.24 bits per heavy atom. The lowest BCUT2D eigenvalue weighted by atomic mass is 10.2. The second-order valence-electron chi connectivity index (χ2n) is 5.35. The Kier molecular flexibility index (Phi) is 5.45. The van der Waals surface area contributed by atoms with E-state index in [2.05, 4.69) is 21.5 Å². The summed E-state index contributed by atoms with van der Waals surface area (Å²) in [6.45, 7) is 6.88. The first-order chi connectivity index (χ1) is 9.99. The normalized spacial score (nSPS) is 20.0. The standard InChI is InChI=1S/C13H24N4O2S2/c1-3-8-21(18,19)11-12(14)16-20-13(11)15-9-10-6-5-7-17(10)4-2/h10,15H,3-9H2,1-2H3,(H2,14,16). The monoisotopic (exact) mass is 332 g/mol. The van der Waals surface area contributed by atoms with Crippen LogP contribution in [-0.4, -0.2) is 49.1 Å². The smallest absolute Gasteiger partial charge is 0.185 e. The molecule has 0 aliphatic carbocycles. The number of anilines is 2. The first-order valence-corrected chi connectivity index (χ1v) is 9.88. The third-order valence-corrected chi connectivity index (χ3v) is 6.79. The van der Waals surface area contributed by atoms with Crippen LogP contribution in [0.2, 0.25) is 0 Å². The van der Waals surface area contributed by atoms with Crippen LogP contribution in [0.15, 0.2) is 4.90 Å². The Hall–Kier alpha value is -0.860. The van der Waals surface area contributed by atoms with Gasteiger partial charge in [-0.05, 0) is 43.9 Å². The van der Waals surface area contributed by atoms with Gasteiger partial charge in [-0.1, -0.05) is 13.8 Å². The molecule has 6 nitrogen and oxygen atoms in total. The molecule has 0 saturated carbocycles. The summed E-state index contributed by atoms with van der Waals surface area (Å²) < 4.78 is 28.6. The zero-order valence-corrected chi connectivity index (χ0v) is 14.3. The summed E-state index contributed by atoms with van der Waals surface area (Å²) in [5, 5.41) is 3.85. The molecule has 2 heterocycles. The Labute approximate surface area is 130 Å². The van der Waals surface area contributed by atoms with Gasteiger partial charge in [-0.25, -0.2) is 8.42 Å². The molecule has 0 spiro atoms. The van der Waals surface area contributed by atoms with Crippen molar-refractivity contribution in [2.45, 2.75) is 44.0 Å². The van der Waals surface area contributed by atoms with Crippen molar-refractivity contribution < 1.29 is 8.42 Å². The summed E-state index contributed by atoms with van der Waals surface area (Å²) in [6.07, 6.45) is 2.92. The highest BCUT2D eigenvalue weighted by Gasteiger charge is 2.27. The number of hydrogen-bond donors (Lipinski definition) is 2. The van der Waals surface area contributed by atoms with Crippen molar-refractivity contribution in [1.29, 1.82) is 0 Å². The van der Waals surface area contributed by atoms with E-state index in [9.17, 15) is 8.42 Å². The Morgan fingerprint density at radius 3 is 2.90 bits per heavy atom. The molecule has 21 heavy (non-hydrogen) atoms. The van der Waals surface area contributed by atoms with Crippen LogP contribution in [0.4, 0.5) is 10.8 Å². The minimum absolute atomic E-state index is 0.106. The van der Waals surface area contributed by atoms with Gasteiger partial charge in [0.1, 0.15) is 9.90 Å². The number of rotatable bonds is 7. The van der Waals surface area contributed by atoms with Gasteiger partial charge in [0.25, 0.3) is 0 Å². The summed E-state index contributed by atoms with van der Waals surface area (Å²) in [7, 11) is -3.35. The van der Waals surface area contributed by atoms with Crippen LogP contribution >= 0.6 is 11.5 Å². The molecule has 120 valence electrons. The summed E-state index contributed by atoms with van der Waals surface area (Å²) >= 11 is 1.14. The van der Waals surface area contributed by atoms with Crippen LogP contribution < -0.4 is 11.1 Å². The SMILES string of the molecule is CCCS(=O)(=O)c1c(N)nsc1NCC1CCCN1CC. The Bertz CT molecular complexity index is 571. The lowest BCUT2D eigenvalue weighted by Gasteiger charge is -2.23. The van der Waals surface area contributed by atoms with E-state index in [0.29, 0.717) is 17.5 Å². The number of nitrogens with two attached hydrogens (primary N) is 1. The number of likely N-dealkylation sites (tertiary alicyclic amines) is 1. The van der Waals surface area contributed by atoms with E-state index in [1.54, 1.807) is 0 Å². The van der Waals surface area contributed by atoms with E-state index in [1.165, 1.54) is 6.42 Å². The van der Waals surface area contributed by atoms with E-state index in [4.69, 9.17) is 5.73 Å². The average Bonchev–Trinajstić information content (AvgIpc) is 3.02. The van der Waals surface area contributed by atoms with E-state index in [0.717, 1.165) is 37.6 Å². The fraction of sp³-hybridized carbons (Fsp3) is 0.769. The molecule has 8 heteroatoms. The average molecular weight is 332 g/mol. The molecule has 1 aromatic heterocycles. The molecule has 1 aliphatic rings. The topological polar surface area (TPSA) is 88.3 Å². The van der Waals surface area contributed by atoms with Crippen molar-refractivity contribution in [3.8, 4) is 0 Å². The molecule has 1 fully saturated rings. The fourth-order valence-corrected chi connectivity index (χ4v) is 5.46. The van der Waals surface area contributed by atoms with E-state index in [-0.39, 0.29) is 16.5 Å². The maximum atomic E-state index is 12.3. The van der Waals surface area contributed by atoms with Gasteiger partial charge in [0.15, 0.2) is 15.7 Å². The highest BCUT2D eigenvalue weighted by molar-refractivity contribution is 7.91. The second-order valence-corrected chi connectivity index (χ2v) is 8.17. The van der Waals surface area contributed by atoms with Gasteiger partial charge in [0, 0.05) is 12.6 Å². The van der Waals surface area contributed by atoms with Crippen LogP contribution in [0, 0.1) is 0 Å². The van der Waals surface area contributed by atoms with Gasteiger partial charge in [-0.3, -0.25) is 4.90 Å². The highest BCUT2D eigenvalue weighted by atomic mass is 32.2. The molecular formula is C13H24N4O2S2. The molecule has 2 rings (SSSR count). The van der Waals surface area contributed by atoms with Crippen molar-refractivity contribution in [2.75, 3.05) is 36.4 Å². The van der Waals surface area contributed by atoms with Gasteiger partial charge in [0.05, 0.1) is 5.75 Å². The number of nitrogen functional groups attached to an aromatic ring is 1. The van der Waals surface area contributed by atoms with Crippen molar-refractivity contribution in [2.24, 2.45) is 0 Å². The Balaban J connectivity index is 2.11. The van der Waals surface area contributed by atoms with Gasteiger partial charge >= 0.3 is 0 Å². The maximum Gasteiger partial charge on any atom is 0.185 e. The molecule has 1 unspecified atom stereocenters. The first kappa shape index (κ1) is 16.5. The molecular weight excluding hydrogens is 308 g/mol. The summed E-state index contributed by atoms with van der Waals surface area (Å²) in [6, 6.07) is 0.458. The number of nitrogens with zero attached hydrogens (tertiary/aromatic N) is 2. The van der Waals surface area contributed by atoms with Crippen LogP contribution in [-0.2, 0) is 9.84 Å². The zero-order chi connectivity index (χ0) is 15.5. The lowest BCUT2D eigenvalue weighted by molar-refractivity contribution is 0.277. The third-order valence-electron chi connectivity index (χ3n) is 3.86. The predicted molar refractivity (Wildman–Crippen MR) is 87.6 cm³/mol. The third kappa shape index (κ3) is 3.67. The largest absolute Gasteiger partial charge is 0.382 e. The van der Waals surface area contributed by atoms with Crippen molar-refractivity contribution in [1.82, 2.24) is 9.27 Å². The fourth-order valence-electron chi connectivity index (χ4n) is 2.83. The minimum Gasteiger partial charge on any atom is -0.382 e. The number of nitrogens with one attached hydrogen (secondary N) is 1. The Morgan fingerprint density at radius 1 is 1.48 bits per heavy atom. The summed E-state index contributed by atoms with van der Waals surface area (Å²) in [4.78, 5) is 2.60. The number of likely N-dealkylation sites (N-methyl/N-ethyl adjacent to an activating group) is 1. The minimum atomic E-state index is -3.35. The molecule has 1 saturated heterocycles. The predicted octanol–water partition coefficient (Wildman–Crippen LogP) is 1.81. The molecule has 3 N–H and O–H groups in total. The van der Waals surface area contributed by atoms with Crippen LogP contribution in [0.3, 0.4) is 0 Å². The highest BCUT2D eigenvalue weighted by Crippen LogP contribution is 2.33. The van der Waals surface area contributed by atoms with Gasteiger partial charge in [-0.2, -0.15) is 4.37 Å². The van der Waals surface area contributed by atoms with Crippen LogP contribution in [0.1, 0.15) is 33.1 Å². The molecule has 1 aromatic rings. The molecule has 0 aromatic carbocycles. The van der Waals surface area contributed by atoms with E-state index < -0.39 is 9.84 Å². The second kappa shape index (κ2) is 6.93. The number of aromatic nitrogens is 1.